The summed E-state index contributed by atoms with van der Waals surface area (Å²) in [5.74, 6) is 0. The van der Waals surface area contributed by atoms with Crippen LogP contribution in [0.1, 0.15) is 36.1 Å². The van der Waals surface area contributed by atoms with Crippen LogP contribution in [0.15, 0.2) is 126 Å². The molecular weight excluding hydrogens is 564 g/mol. The summed E-state index contributed by atoms with van der Waals surface area (Å²) in [5, 5.41) is 23.2. The Morgan fingerprint density at radius 3 is 1.54 bits per heavy atom. The van der Waals surface area contributed by atoms with Gasteiger partial charge in [0.1, 0.15) is 0 Å². The van der Waals surface area contributed by atoms with Gasteiger partial charge in [0.15, 0.2) is 11.2 Å². The van der Waals surface area contributed by atoms with Crippen LogP contribution in [0.25, 0.3) is 49.4 Å². The second-order valence-corrected chi connectivity index (χ2v) is 12.4. The predicted molar refractivity (Wildman–Crippen MR) is 184 cm³/mol. The highest BCUT2D eigenvalue weighted by Gasteiger charge is 2.37. The molecule has 0 aliphatic carbocycles. The van der Waals surface area contributed by atoms with Gasteiger partial charge in [-0.3, -0.25) is 0 Å². The lowest BCUT2D eigenvalue weighted by atomic mass is 9.73. The Labute approximate surface area is 265 Å². The first kappa shape index (κ1) is 26.1. The molecule has 2 aromatic heterocycles. The number of nitrogens with zero attached hydrogens (tertiary/aromatic N) is 4. The van der Waals surface area contributed by atoms with Crippen LogP contribution in [0.3, 0.4) is 0 Å². The van der Waals surface area contributed by atoms with E-state index in [0.29, 0.717) is 11.1 Å². The predicted octanol–water partition coefficient (Wildman–Crippen LogP) is 10.5. The first-order valence-electron chi connectivity index (χ1n) is 15.3. The maximum absolute atomic E-state index is 9.67. The van der Waals surface area contributed by atoms with Gasteiger partial charge in [-0.25, -0.2) is 0 Å². The van der Waals surface area contributed by atoms with Crippen molar-refractivity contribution in [3.8, 4) is 17.8 Å². The van der Waals surface area contributed by atoms with Crippen LogP contribution in [0.5, 0.6) is 0 Å². The molecule has 0 unspecified atom stereocenters. The Morgan fingerprint density at radius 2 is 1.00 bits per heavy atom. The maximum Gasteiger partial charge on any atom is 0.159 e. The van der Waals surface area contributed by atoms with E-state index in [9.17, 15) is 10.5 Å². The molecule has 0 radical (unpaired) electrons. The minimum absolute atomic E-state index is 0.161. The fraction of sp³-hybridized carbons (Fsp3) is 0.0732. The molecule has 0 fully saturated rings. The van der Waals surface area contributed by atoms with Crippen LogP contribution in [-0.2, 0) is 5.41 Å². The summed E-state index contributed by atoms with van der Waals surface area (Å²) in [5.41, 5.74) is 11.2. The van der Waals surface area contributed by atoms with Gasteiger partial charge in [0.25, 0.3) is 0 Å². The largest absolute Gasteiger partial charge is 0.452 e. The molecule has 1 aliphatic heterocycles. The van der Waals surface area contributed by atoms with Crippen molar-refractivity contribution in [3.63, 3.8) is 0 Å². The van der Waals surface area contributed by atoms with Crippen molar-refractivity contribution in [2.24, 2.45) is 0 Å². The van der Waals surface area contributed by atoms with Crippen molar-refractivity contribution in [2.45, 2.75) is 19.3 Å². The Kier molecular flexibility index (Phi) is 5.31. The van der Waals surface area contributed by atoms with Gasteiger partial charge in [0.05, 0.1) is 57.0 Å². The van der Waals surface area contributed by atoms with Gasteiger partial charge < -0.3 is 13.9 Å². The number of anilines is 3. The van der Waals surface area contributed by atoms with Crippen molar-refractivity contribution >= 4 is 60.8 Å². The van der Waals surface area contributed by atoms with Crippen molar-refractivity contribution in [1.29, 1.82) is 10.5 Å². The van der Waals surface area contributed by atoms with Gasteiger partial charge >= 0.3 is 0 Å². The first-order chi connectivity index (χ1) is 22.5. The molecule has 8 aromatic rings. The summed E-state index contributed by atoms with van der Waals surface area (Å²) >= 11 is 0. The standard InChI is InChI=1S/C41H26N4O/c1-41(2)31-11-3-5-13-35(31)45(36-14-6-4-12-32(36)41)38-16-8-10-28-27-9-7-15-37(39(27)46-40(28)38)44-33-19-17-25(23-42)21-29(33)30-22-26(24-43)18-20-34(30)44/h3-22H,1-2H3. The minimum Gasteiger partial charge on any atom is -0.452 e. The Hall–Kier alpha value is -6.30. The highest BCUT2D eigenvalue weighted by Crippen LogP contribution is 2.53. The zero-order chi connectivity index (χ0) is 31.2. The zero-order valence-electron chi connectivity index (χ0n) is 25.2. The third-order valence-corrected chi connectivity index (χ3v) is 9.62. The SMILES string of the molecule is CC1(C)c2ccccc2N(c2cccc3c2oc2c(-n4c5ccc(C#N)cc5c5cc(C#N)ccc54)cccc23)c2ccccc21. The van der Waals surface area contributed by atoms with Crippen LogP contribution in [0.2, 0.25) is 0 Å². The lowest BCUT2D eigenvalue weighted by Gasteiger charge is -2.41. The van der Waals surface area contributed by atoms with E-state index in [0.717, 1.165) is 66.5 Å². The monoisotopic (exact) mass is 590 g/mol. The lowest BCUT2D eigenvalue weighted by molar-refractivity contribution is 0.630. The molecule has 5 heteroatoms. The second-order valence-electron chi connectivity index (χ2n) is 12.4. The first-order valence-corrected chi connectivity index (χ1v) is 15.3. The molecule has 216 valence electrons. The van der Waals surface area contributed by atoms with E-state index in [1.165, 1.54) is 11.1 Å². The third kappa shape index (κ3) is 3.43. The van der Waals surface area contributed by atoms with E-state index in [-0.39, 0.29) is 5.41 Å². The normalized spacial score (nSPS) is 13.5. The number of benzene rings is 6. The van der Waals surface area contributed by atoms with Gasteiger partial charge in [0, 0.05) is 27.0 Å². The molecular formula is C41H26N4O. The van der Waals surface area contributed by atoms with E-state index in [1.807, 2.05) is 36.4 Å². The van der Waals surface area contributed by atoms with E-state index in [1.54, 1.807) is 0 Å². The van der Waals surface area contributed by atoms with Crippen LogP contribution in [0.4, 0.5) is 17.1 Å². The summed E-state index contributed by atoms with van der Waals surface area (Å²) in [6.07, 6.45) is 0. The number of rotatable bonds is 2. The number of hydrogen-bond donors (Lipinski definition) is 0. The average Bonchev–Trinajstić information content (AvgIpc) is 3.64. The Bertz CT molecular complexity index is 2540. The molecule has 9 rings (SSSR count). The minimum atomic E-state index is -0.161. The lowest BCUT2D eigenvalue weighted by Crippen LogP contribution is -2.30. The number of aromatic nitrogens is 1. The van der Waals surface area contributed by atoms with Crippen LogP contribution >= 0.6 is 0 Å². The van der Waals surface area contributed by atoms with Gasteiger partial charge in [-0.2, -0.15) is 10.5 Å². The number of hydrogen-bond acceptors (Lipinski definition) is 4. The Morgan fingerprint density at radius 1 is 0.522 bits per heavy atom. The molecule has 3 heterocycles. The smallest absolute Gasteiger partial charge is 0.159 e. The average molecular weight is 591 g/mol. The number of nitriles is 2. The zero-order valence-corrected chi connectivity index (χ0v) is 25.2. The quantitative estimate of drug-likeness (QED) is 0.201. The van der Waals surface area contributed by atoms with Crippen LogP contribution < -0.4 is 4.90 Å². The molecule has 0 spiro atoms. The van der Waals surface area contributed by atoms with Gasteiger partial charge in [-0.15, -0.1) is 0 Å². The molecule has 0 saturated heterocycles. The topological polar surface area (TPSA) is 68.9 Å². The van der Waals surface area contributed by atoms with Crippen molar-refractivity contribution in [1.82, 2.24) is 4.57 Å². The van der Waals surface area contributed by atoms with Crippen LogP contribution in [0, 0.1) is 22.7 Å². The summed E-state index contributed by atoms with van der Waals surface area (Å²) < 4.78 is 9.18. The van der Waals surface area contributed by atoms with Crippen molar-refractivity contribution in [2.75, 3.05) is 4.90 Å². The maximum atomic E-state index is 9.67. The number of furan rings is 1. The van der Waals surface area contributed by atoms with E-state index in [2.05, 4.69) is 120 Å². The summed E-state index contributed by atoms with van der Waals surface area (Å²) in [6, 6.07) is 45.9. The molecule has 0 atom stereocenters. The van der Waals surface area contributed by atoms with Crippen molar-refractivity contribution in [3.05, 3.63) is 144 Å². The van der Waals surface area contributed by atoms with Crippen LogP contribution in [-0.4, -0.2) is 4.57 Å². The number of fused-ring (bicyclic) bond motifs is 8. The van der Waals surface area contributed by atoms with Gasteiger partial charge in [-0.1, -0.05) is 74.5 Å². The fourth-order valence-corrected chi connectivity index (χ4v) is 7.49. The van der Waals surface area contributed by atoms with E-state index < -0.39 is 0 Å². The third-order valence-electron chi connectivity index (χ3n) is 9.62. The van der Waals surface area contributed by atoms with E-state index >= 15 is 0 Å². The summed E-state index contributed by atoms with van der Waals surface area (Å²) in [4.78, 5) is 2.34. The molecule has 0 bridgehead atoms. The number of para-hydroxylation sites is 4. The molecule has 0 N–H and O–H groups in total. The second kappa shape index (κ2) is 9.35. The summed E-state index contributed by atoms with van der Waals surface area (Å²) in [6.45, 7) is 4.59. The molecule has 1 aliphatic rings. The highest BCUT2D eigenvalue weighted by molar-refractivity contribution is 6.15. The summed E-state index contributed by atoms with van der Waals surface area (Å²) in [7, 11) is 0. The molecule has 0 amide bonds. The molecule has 46 heavy (non-hydrogen) atoms. The van der Waals surface area contributed by atoms with E-state index in [4.69, 9.17) is 4.42 Å². The molecule has 0 saturated carbocycles. The van der Waals surface area contributed by atoms with Crippen molar-refractivity contribution < 1.29 is 4.42 Å². The van der Waals surface area contributed by atoms with Gasteiger partial charge in [0.2, 0.25) is 0 Å². The fourth-order valence-electron chi connectivity index (χ4n) is 7.49. The van der Waals surface area contributed by atoms with Gasteiger partial charge in [-0.05, 0) is 71.8 Å². The Balaban J connectivity index is 1.35. The molecule has 6 aromatic carbocycles. The molecule has 5 nitrogen and oxygen atoms in total. The highest BCUT2D eigenvalue weighted by atomic mass is 16.3.